The molecule has 0 aliphatic carbocycles. The van der Waals surface area contributed by atoms with Gasteiger partial charge in [0.05, 0.1) is 6.54 Å². The lowest BCUT2D eigenvalue weighted by molar-refractivity contribution is -0.150. The summed E-state index contributed by atoms with van der Waals surface area (Å²) < 4.78 is 48.6. The van der Waals surface area contributed by atoms with Crippen molar-refractivity contribution in [2.45, 2.75) is 38.5 Å². The molecule has 204 valence electrons. The van der Waals surface area contributed by atoms with Crippen molar-refractivity contribution >= 4 is 35.2 Å². The molecular formula is C25H29Cl2F3N2O5. The van der Waals surface area contributed by atoms with Crippen molar-refractivity contribution < 1.29 is 37.3 Å². The van der Waals surface area contributed by atoms with Crippen LogP contribution in [0.5, 0.6) is 5.75 Å². The minimum Gasteiger partial charge on any atom is -0.492 e. The van der Waals surface area contributed by atoms with Crippen LogP contribution in [0.15, 0.2) is 42.5 Å². The Labute approximate surface area is 223 Å². The van der Waals surface area contributed by atoms with E-state index in [9.17, 15) is 27.9 Å². The fourth-order valence-corrected chi connectivity index (χ4v) is 4.03. The molecule has 2 rings (SSSR count). The second-order valence-electron chi connectivity index (χ2n) is 8.12. The molecule has 0 heterocycles. The van der Waals surface area contributed by atoms with E-state index in [1.165, 1.54) is 4.90 Å². The maximum absolute atomic E-state index is 12.6. The number of hydrogen-bond acceptors (Lipinski definition) is 4. The van der Waals surface area contributed by atoms with Crippen molar-refractivity contribution in [3.8, 4) is 5.75 Å². The number of hydrogen-bond donors (Lipinski definition) is 2. The van der Waals surface area contributed by atoms with Crippen LogP contribution >= 0.6 is 23.2 Å². The molecular weight excluding hydrogens is 536 g/mol. The van der Waals surface area contributed by atoms with E-state index in [1.54, 1.807) is 49.4 Å². The zero-order valence-electron chi connectivity index (χ0n) is 20.2. The summed E-state index contributed by atoms with van der Waals surface area (Å²) >= 11 is 12.0. The molecule has 0 aliphatic heterocycles. The highest BCUT2D eigenvalue weighted by atomic mass is 35.5. The number of carboxylic acids is 1. The van der Waals surface area contributed by atoms with Crippen LogP contribution < -0.4 is 10.1 Å². The van der Waals surface area contributed by atoms with E-state index in [0.29, 0.717) is 28.6 Å². The summed E-state index contributed by atoms with van der Waals surface area (Å²) in [6.07, 6.45) is -4.31. The molecule has 37 heavy (non-hydrogen) atoms. The predicted octanol–water partition coefficient (Wildman–Crippen LogP) is 5.61. The summed E-state index contributed by atoms with van der Waals surface area (Å²) in [7, 11) is 0. The molecule has 0 spiro atoms. The molecule has 0 bridgehead atoms. The summed E-state index contributed by atoms with van der Waals surface area (Å²) in [6.45, 7) is 0.827. The Morgan fingerprint density at radius 3 is 2.27 bits per heavy atom. The van der Waals surface area contributed by atoms with Crippen LogP contribution in [0.4, 0.5) is 18.0 Å². The van der Waals surface area contributed by atoms with E-state index in [-0.39, 0.29) is 32.7 Å². The lowest BCUT2D eigenvalue weighted by atomic mass is 10.1. The number of amides is 2. The molecule has 1 unspecified atom stereocenters. The van der Waals surface area contributed by atoms with E-state index in [4.69, 9.17) is 32.7 Å². The lowest BCUT2D eigenvalue weighted by Crippen LogP contribution is -2.45. The molecule has 12 heteroatoms. The third-order valence-corrected chi connectivity index (χ3v) is 5.60. The second-order valence-corrected chi connectivity index (χ2v) is 8.99. The number of carboxylic acid groups (broad SMARTS) is 1. The molecule has 0 saturated heterocycles. The summed E-state index contributed by atoms with van der Waals surface area (Å²) in [5, 5.41) is 12.0. The van der Waals surface area contributed by atoms with E-state index in [0.717, 1.165) is 11.1 Å². The van der Waals surface area contributed by atoms with Crippen molar-refractivity contribution in [3.63, 3.8) is 0 Å². The summed E-state index contributed by atoms with van der Waals surface area (Å²) in [6, 6.07) is 10.9. The number of halogens is 5. The van der Waals surface area contributed by atoms with Crippen LogP contribution in [0.25, 0.3) is 0 Å². The molecule has 0 radical (unpaired) electrons. The SMILES string of the molecule is CCOC(Cc1ccc(OCCN(CCCc2cc(Cl)cc(Cl)c2)C(=O)NCC(F)(F)F)cc1)C(=O)O. The van der Waals surface area contributed by atoms with E-state index >= 15 is 0 Å². The minimum atomic E-state index is -4.53. The van der Waals surface area contributed by atoms with Crippen LogP contribution in [0, 0.1) is 0 Å². The Morgan fingerprint density at radius 1 is 1.05 bits per heavy atom. The van der Waals surface area contributed by atoms with E-state index in [1.807, 2.05) is 5.32 Å². The Morgan fingerprint density at radius 2 is 1.70 bits per heavy atom. The van der Waals surface area contributed by atoms with Crippen molar-refractivity contribution in [1.29, 1.82) is 0 Å². The minimum absolute atomic E-state index is 0.0402. The van der Waals surface area contributed by atoms with Gasteiger partial charge in [-0.05, 0) is 61.2 Å². The number of benzene rings is 2. The van der Waals surface area contributed by atoms with Gasteiger partial charge < -0.3 is 24.8 Å². The third-order valence-electron chi connectivity index (χ3n) is 5.16. The first-order valence-electron chi connectivity index (χ1n) is 11.6. The monoisotopic (exact) mass is 564 g/mol. The second kappa shape index (κ2) is 14.9. The number of carbonyl (C=O) groups is 2. The Balaban J connectivity index is 1.92. The van der Waals surface area contributed by atoms with Crippen molar-refractivity contribution in [3.05, 3.63) is 63.6 Å². The van der Waals surface area contributed by atoms with Gasteiger partial charge in [0, 0.05) is 29.6 Å². The largest absolute Gasteiger partial charge is 0.492 e. The van der Waals surface area contributed by atoms with Crippen LogP contribution in [0.3, 0.4) is 0 Å². The predicted molar refractivity (Wildman–Crippen MR) is 135 cm³/mol. The zero-order valence-corrected chi connectivity index (χ0v) is 21.7. The first kappa shape index (κ1) is 30.5. The molecule has 2 aromatic carbocycles. The molecule has 0 aromatic heterocycles. The van der Waals surface area contributed by atoms with Gasteiger partial charge in [0.25, 0.3) is 0 Å². The average Bonchev–Trinajstić information content (AvgIpc) is 2.81. The molecule has 0 aliphatic rings. The number of aliphatic carboxylic acids is 1. The van der Waals surface area contributed by atoms with Crippen molar-refractivity contribution in [2.24, 2.45) is 0 Å². The number of urea groups is 1. The fourth-order valence-electron chi connectivity index (χ4n) is 3.46. The zero-order chi connectivity index (χ0) is 27.4. The highest BCUT2D eigenvalue weighted by Crippen LogP contribution is 2.20. The van der Waals surface area contributed by atoms with Gasteiger partial charge in [-0.25, -0.2) is 9.59 Å². The molecule has 7 nitrogen and oxygen atoms in total. The van der Waals surface area contributed by atoms with Crippen molar-refractivity contribution in [1.82, 2.24) is 10.2 Å². The van der Waals surface area contributed by atoms with Crippen LogP contribution in [0.2, 0.25) is 10.0 Å². The molecule has 0 fully saturated rings. The van der Waals surface area contributed by atoms with Gasteiger partial charge in [0.1, 0.15) is 18.9 Å². The summed E-state index contributed by atoms with van der Waals surface area (Å²) in [4.78, 5) is 24.9. The van der Waals surface area contributed by atoms with Gasteiger partial charge >= 0.3 is 18.2 Å². The van der Waals surface area contributed by atoms with Crippen LogP contribution in [0.1, 0.15) is 24.5 Å². The summed E-state index contributed by atoms with van der Waals surface area (Å²) in [5.74, 6) is -0.583. The number of nitrogens with zero attached hydrogens (tertiary/aromatic N) is 1. The van der Waals surface area contributed by atoms with Crippen LogP contribution in [-0.2, 0) is 22.4 Å². The number of nitrogens with one attached hydrogen (secondary N) is 1. The highest BCUT2D eigenvalue weighted by Gasteiger charge is 2.28. The molecule has 2 aromatic rings. The Hall–Kier alpha value is -2.69. The number of aryl methyl sites for hydroxylation is 1. The summed E-state index contributed by atoms with van der Waals surface area (Å²) in [5.41, 5.74) is 1.58. The first-order valence-corrected chi connectivity index (χ1v) is 12.3. The van der Waals surface area contributed by atoms with Gasteiger partial charge in [-0.3, -0.25) is 0 Å². The molecule has 0 saturated carbocycles. The van der Waals surface area contributed by atoms with Gasteiger partial charge in [0.2, 0.25) is 0 Å². The third kappa shape index (κ3) is 11.9. The highest BCUT2D eigenvalue weighted by molar-refractivity contribution is 6.34. The lowest BCUT2D eigenvalue weighted by Gasteiger charge is -2.24. The topological polar surface area (TPSA) is 88.1 Å². The number of rotatable bonds is 14. The molecule has 1 atom stereocenters. The first-order chi connectivity index (χ1) is 17.5. The fraction of sp³-hybridized carbons (Fsp3) is 0.440. The standard InChI is InChI=1S/C25H29Cl2F3N2O5/c1-2-36-22(23(33)34)14-17-5-7-21(8-6-17)37-11-10-32(24(35)31-16-25(28,29)30)9-3-4-18-12-19(26)15-20(27)13-18/h5-8,12-13,15,22H,2-4,9-11,14,16H2,1H3,(H,31,35)(H,33,34). The van der Waals surface area contributed by atoms with E-state index in [2.05, 4.69) is 0 Å². The molecule has 2 amide bonds. The average molecular weight is 565 g/mol. The Bertz CT molecular complexity index is 1000. The van der Waals surface area contributed by atoms with Crippen LogP contribution in [-0.4, -0.2) is 67.1 Å². The Kier molecular flexibility index (Phi) is 12.3. The maximum Gasteiger partial charge on any atom is 0.405 e. The number of ether oxygens (including phenoxy) is 2. The maximum atomic E-state index is 12.6. The molecule has 2 N–H and O–H groups in total. The van der Waals surface area contributed by atoms with Gasteiger partial charge in [-0.1, -0.05) is 35.3 Å². The number of carbonyl (C=O) groups excluding carboxylic acids is 1. The van der Waals surface area contributed by atoms with Gasteiger partial charge in [-0.15, -0.1) is 0 Å². The normalized spacial score (nSPS) is 12.2. The number of alkyl halides is 3. The van der Waals surface area contributed by atoms with Crippen molar-refractivity contribution in [2.75, 3.05) is 32.8 Å². The van der Waals surface area contributed by atoms with Gasteiger partial charge in [-0.2, -0.15) is 13.2 Å². The smallest absolute Gasteiger partial charge is 0.405 e. The van der Waals surface area contributed by atoms with Gasteiger partial charge in [0.15, 0.2) is 6.10 Å². The quantitative estimate of drug-likeness (QED) is 0.311. The van der Waals surface area contributed by atoms with E-state index < -0.39 is 30.8 Å².